The van der Waals surface area contributed by atoms with E-state index in [0.29, 0.717) is 13.2 Å². The van der Waals surface area contributed by atoms with Crippen molar-refractivity contribution < 1.29 is 9.47 Å². The third-order valence-electron chi connectivity index (χ3n) is 3.28. The summed E-state index contributed by atoms with van der Waals surface area (Å²) in [6.45, 7) is 5.70. The maximum Gasteiger partial charge on any atom is 0.159 e. The molecule has 1 atom stereocenters. The van der Waals surface area contributed by atoms with Gasteiger partial charge in [-0.05, 0) is 32.0 Å². The van der Waals surface area contributed by atoms with Gasteiger partial charge in [-0.15, -0.1) is 0 Å². The highest BCUT2D eigenvalue weighted by molar-refractivity contribution is 5.33. The van der Waals surface area contributed by atoms with Gasteiger partial charge in [-0.2, -0.15) is 0 Å². The lowest BCUT2D eigenvalue weighted by molar-refractivity contribution is -0.0526. The highest BCUT2D eigenvalue weighted by Gasteiger charge is 2.22. The monoisotopic (exact) mass is 235 g/mol. The topological polar surface area (TPSA) is 30.5 Å². The minimum Gasteiger partial charge on any atom is -0.350 e. The fraction of sp³-hybridized carbons (Fsp3) is 0.571. The van der Waals surface area contributed by atoms with Crippen LogP contribution in [0.3, 0.4) is 0 Å². The summed E-state index contributed by atoms with van der Waals surface area (Å²) in [4.78, 5) is 0. The Balaban J connectivity index is 2.13. The maximum absolute atomic E-state index is 5.51. The van der Waals surface area contributed by atoms with E-state index in [1.54, 1.807) is 0 Å². The van der Waals surface area contributed by atoms with Crippen LogP contribution in [0.25, 0.3) is 0 Å². The molecule has 1 unspecified atom stereocenters. The molecule has 1 aliphatic rings. The standard InChI is InChI=1S/C14H21NO2/c1-10-4-5-11(2)12(8-10)13(15-3)9-14-16-6-7-17-14/h4-5,8,13-15H,6-7,9H2,1-3H3. The minimum absolute atomic E-state index is 0.0626. The van der Waals surface area contributed by atoms with Crippen LogP contribution < -0.4 is 5.32 Å². The predicted molar refractivity (Wildman–Crippen MR) is 68.0 cm³/mol. The molecular formula is C14H21NO2. The molecule has 0 amide bonds. The lowest BCUT2D eigenvalue weighted by atomic mass is 9.96. The quantitative estimate of drug-likeness (QED) is 0.869. The van der Waals surface area contributed by atoms with E-state index in [2.05, 4.69) is 37.4 Å². The van der Waals surface area contributed by atoms with E-state index in [9.17, 15) is 0 Å². The Morgan fingerprint density at radius 2 is 2.00 bits per heavy atom. The first kappa shape index (κ1) is 12.6. The van der Waals surface area contributed by atoms with Gasteiger partial charge >= 0.3 is 0 Å². The van der Waals surface area contributed by atoms with E-state index in [-0.39, 0.29) is 12.3 Å². The molecule has 1 heterocycles. The highest BCUT2D eigenvalue weighted by atomic mass is 16.7. The van der Waals surface area contributed by atoms with Crippen LogP contribution in [0.15, 0.2) is 18.2 Å². The first-order valence-corrected chi connectivity index (χ1v) is 6.18. The van der Waals surface area contributed by atoms with Crippen molar-refractivity contribution in [2.75, 3.05) is 20.3 Å². The van der Waals surface area contributed by atoms with Crippen molar-refractivity contribution in [3.05, 3.63) is 34.9 Å². The molecule has 3 heteroatoms. The molecule has 1 saturated heterocycles. The largest absolute Gasteiger partial charge is 0.350 e. The molecule has 0 bridgehead atoms. The van der Waals surface area contributed by atoms with Gasteiger partial charge in [0.2, 0.25) is 0 Å². The molecule has 1 N–H and O–H groups in total. The molecule has 0 aliphatic carbocycles. The van der Waals surface area contributed by atoms with Crippen LogP contribution in [0.1, 0.15) is 29.2 Å². The second kappa shape index (κ2) is 5.63. The van der Waals surface area contributed by atoms with Crippen molar-refractivity contribution in [2.24, 2.45) is 0 Å². The molecule has 0 spiro atoms. The number of nitrogens with one attached hydrogen (secondary N) is 1. The van der Waals surface area contributed by atoms with Crippen LogP contribution in [0.2, 0.25) is 0 Å². The fourth-order valence-electron chi connectivity index (χ4n) is 2.27. The molecule has 3 nitrogen and oxygen atoms in total. The normalized spacial score (nSPS) is 18.5. The van der Waals surface area contributed by atoms with Crippen molar-refractivity contribution in [2.45, 2.75) is 32.6 Å². The Morgan fingerprint density at radius 1 is 1.29 bits per heavy atom. The van der Waals surface area contributed by atoms with Gasteiger partial charge in [-0.3, -0.25) is 0 Å². The summed E-state index contributed by atoms with van der Waals surface area (Å²) in [5, 5.41) is 3.35. The molecule has 1 aromatic rings. The Kier molecular flexibility index (Phi) is 4.15. The Hall–Kier alpha value is -0.900. The second-order valence-electron chi connectivity index (χ2n) is 4.61. The van der Waals surface area contributed by atoms with Crippen LogP contribution in [-0.2, 0) is 9.47 Å². The van der Waals surface area contributed by atoms with Crippen molar-refractivity contribution >= 4 is 0 Å². The third kappa shape index (κ3) is 3.06. The zero-order valence-electron chi connectivity index (χ0n) is 10.8. The molecule has 1 aliphatic heterocycles. The summed E-state index contributed by atoms with van der Waals surface area (Å²) >= 11 is 0. The van der Waals surface area contributed by atoms with Crippen LogP contribution in [0.5, 0.6) is 0 Å². The van der Waals surface area contributed by atoms with Crippen LogP contribution in [-0.4, -0.2) is 26.6 Å². The van der Waals surface area contributed by atoms with Gasteiger partial charge in [0.05, 0.1) is 13.2 Å². The minimum atomic E-state index is -0.0626. The van der Waals surface area contributed by atoms with Gasteiger partial charge in [0, 0.05) is 12.5 Å². The zero-order chi connectivity index (χ0) is 12.3. The molecule has 94 valence electrons. The molecule has 0 saturated carbocycles. The molecule has 0 radical (unpaired) electrons. The van der Waals surface area contributed by atoms with Gasteiger partial charge in [-0.25, -0.2) is 0 Å². The summed E-state index contributed by atoms with van der Waals surface area (Å²) < 4.78 is 11.0. The number of aryl methyl sites for hydroxylation is 2. The summed E-state index contributed by atoms with van der Waals surface area (Å²) in [6, 6.07) is 6.85. The lowest BCUT2D eigenvalue weighted by Crippen LogP contribution is -2.23. The van der Waals surface area contributed by atoms with Gasteiger partial charge in [0.1, 0.15) is 0 Å². The summed E-state index contributed by atoms with van der Waals surface area (Å²) in [5.41, 5.74) is 3.94. The Morgan fingerprint density at radius 3 is 2.65 bits per heavy atom. The molecule has 1 aromatic carbocycles. The van der Waals surface area contributed by atoms with Gasteiger partial charge in [-0.1, -0.05) is 23.8 Å². The first-order valence-electron chi connectivity index (χ1n) is 6.18. The molecule has 1 fully saturated rings. The smallest absolute Gasteiger partial charge is 0.159 e. The SMILES string of the molecule is CNC(CC1OCCO1)c1cc(C)ccc1C. The van der Waals surface area contributed by atoms with E-state index in [4.69, 9.17) is 9.47 Å². The maximum atomic E-state index is 5.51. The van der Waals surface area contributed by atoms with Crippen LogP contribution in [0, 0.1) is 13.8 Å². The average molecular weight is 235 g/mol. The van der Waals surface area contributed by atoms with E-state index in [1.807, 2.05) is 7.05 Å². The Labute approximate surface area is 103 Å². The molecule has 17 heavy (non-hydrogen) atoms. The van der Waals surface area contributed by atoms with E-state index < -0.39 is 0 Å². The van der Waals surface area contributed by atoms with E-state index >= 15 is 0 Å². The van der Waals surface area contributed by atoms with E-state index in [0.717, 1.165) is 6.42 Å². The first-order chi connectivity index (χ1) is 8.20. The van der Waals surface area contributed by atoms with Gasteiger partial charge in [0.15, 0.2) is 6.29 Å². The van der Waals surface area contributed by atoms with Crippen LogP contribution in [0.4, 0.5) is 0 Å². The van der Waals surface area contributed by atoms with Crippen molar-refractivity contribution in [3.8, 4) is 0 Å². The highest BCUT2D eigenvalue weighted by Crippen LogP contribution is 2.25. The van der Waals surface area contributed by atoms with E-state index in [1.165, 1.54) is 16.7 Å². The summed E-state index contributed by atoms with van der Waals surface area (Å²) in [7, 11) is 1.99. The number of ether oxygens (including phenoxy) is 2. The number of rotatable bonds is 4. The van der Waals surface area contributed by atoms with Crippen molar-refractivity contribution in [1.82, 2.24) is 5.32 Å². The predicted octanol–water partition coefficient (Wildman–Crippen LogP) is 2.33. The fourth-order valence-corrected chi connectivity index (χ4v) is 2.27. The number of hydrogen-bond donors (Lipinski definition) is 1. The molecular weight excluding hydrogens is 214 g/mol. The molecule has 2 rings (SSSR count). The van der Waals surface area contributed by atoms with Crippen LogP contribution >= 0.6 is 0 Å². The zero-order valence-corrected chi connectivity index (χ0v) is 10.8. The van der Waals surface area contributed by atoms with Crippen molar-refractivity contribution in [1.29, 1.82) is 0 Å². The number of benzene rings is 1. The third-order valence-corrected chi connectivity index (χ3v) is 3.28. The lowest BCUT2D eigenvalue weighted by Gasteiger charge is -2.22. The molecule has 0 aromatic heterocycles. The summed E-state index contributed by atoms with van der Waals surface area (Å²) in [6.07, 6.45) is 0.799. The second-order valence-corrected chi connectivity index (χ2v) is 4.61. The Bertz CT molecular complexity index is 372. The van der Waals surface area contributed by atoms with Gasteiger partial charge in [0.25, 0.3) is 0 Å². The number of hydrogen-bond acceptors (Lipinski definition) is 3. The van der Waals surface area contributed by atoms with Gasteiger partial charge < -0.3 is 14.8 Å². The van der Waals surface area contributed by atoms with Crippen molar-refractivity contribution in [3.63, 3.8) is 0 Å². The average Bonchev–Trinajstić information content (AvgIpc) is 2.82. The summed E-state index contributed by atoms with van der Waals surface area (Å²) in [5.74, 6) is 0.